The maximum atomic E-state index is 13.6. The SMILES string of the molecule is CCCCOC(=O)N1CCN(C(=O)[C@H](CP(=O)(O)O)NC(=O)c2nc(-c3ccccc3)sc2N(C)CCCC)CC1. The molecule has 0 unspecified atom stereocenters. The monoisotopic (exact) mass is 609 g/mol. The van der Waals surface area contributed by atoms with Gasteiger partial charge in [-0.05, 0) is 12.8 Å². The van der Waals surface area contributed by atoms with E-state index in [0.717, 1.165) is 31.2 Å². The zero-order valence-corrected chi connectivity index (χ0v) is 25.5. The van der Waals surface area contributed by atoms with E-state index in [1.54, 1.807) is 0 Å². The number of nitrogens with zero attached hydrogens (tertiary/aromatic N) is 4. The molecule has 0 bridgehead atoms. The number of unbranched alkanes of at least 4 members (excludes halogenated alkanes) is 2. The summed E-state index contributed by atoms with van der Waals surface area (Å²) in [5, 5.41) is 3.78. The van der Waals surface area contributed by atoms with Crippen molar-refractivity contribution in [2.24, 2.45) is 0 Å². The zero-order chi connectivity index (χ0) is 30.0. The summed E-state index contributed by atoms with van der Waals surface area (Å²) in [6.07, 6.45) is 2.20. The van der Waals surface area contributed by atoms with Crippen molar-refractivity contribution in [2.75, 3.05) is 57.4 Å². The Bertz CT molecular complexity index is 1210. The van der Waals surface area contributed by atoms with Gasteiger partial charge in [-0.15, -0.1) is 0 Å². The van der Waals surface area contributed by atoms with Gasteiger partial charge in [0.2, 0.25) is 5.91 Å². The van der Waals surface area contributed by atoms with Gasteiger partial charge in [0, 0.05) is 45.3 Å². The first-order chi connectivity index (χ1) is 19.5. The molecule has 14 heteroatoms. The number of ether oxygens (including phenoxy) is 1. The van der Waals surface area contributed by atoms with Crippen LogP contribution in [-0.4, -0.2) is 101 Å². The van der Waals surface area contributed by atoms with Gasteiger partial charge in [-0.3, -0.25) is 14.2 Å². The molecule has 226 valence electrons. The maximum Gasteiger partial charge on any atom is 0.409 e. The molecule has 2 aromatic rings. The Hall–Kier alpha value is -2.99. The highest BCUT2D eigenvalue weighted by Gasteiger charge is 2.35. The fourth-order valence-electron chi connectivity index (χ4n) is 4.29. The van der Waals surface area contributed by atoms with Gasteiger partial charge < -0.3 is 34.5 Å². The van der Waals surface area contributed by atoms with Gasteiger partial charge in [-0.1, -0.05) is 68.4 Å². The van der Waals surface area contributed by atoms with Gasteiger partial charge in [-0.25, -0.2) is 9.78 Å². The molecule has 1 fully saturated rings. The van der Waals surface area contributed by atoms with Crippen molar-refractivity contribution in [1.29, 1.82) is 0 Å². The first-order valence-electron chi connectivity index (χ1n) is 13.9. The lowest BCUT2D eigenvalue weighted by Crippen LogP contribution is -2.56. The maximum absolute atomic E-state index is 13.6. The summed E-state index contributed by atoms with van der Waals surface area (Å²) in [6.45, 7) is 5.79. The van der Waals surface area contributed by atoms with Crippen LogP contribution in [-0.2, 0) is 14.1 Å². The predicted molar refractivity (Wildman–Crippen MR) is 158 cm³/mol. The third kappa shape index (κ3) is 9.53. The molecule has 3 N–H and O–H groups in total. The minimum atomic E-state index is -4.68. The summed E-state index contributed by atoms with van der Waals surface area (Å²) in [7, 11) is -2.82. The van der Waals surface area contributed by atoms with Gasteiger partial charge in [-0.2, -0.15) is 0 Å². The first-order valence-corrected chi connectivity index (χ1v) is 16.5. The van der Waals surface area contributed by atoms with Gasteiger partial charge in [0.1, 0.15) is 16.1 Å². The quantitative estimate of drug-likeness (QED) is 0.229. The Balaban J connectivity index is 1.78. The summed E-state index contributed by atoms with van der Waals surface area (Å²) in [6, 6.07) is 7.92. The van der Waals surface area contributed by atoms with E-state index >= 15 is 0 Å². The molecule has 0 radical (unpaired) electrons. The molecule has 1 saturated heterocycles. The third-order valence-electron chi connectivity index (χ3n) is 6.64. The molecule has 1 aliphatic rings. The van der Waals surface area contributed by atoms with E-state index in [9.17, 15) is 28.7 Å². The Morgan fingerprint density at radius 2 is 1.71 bits per heavy atom. The summed E-state index contributed by atoms with van der Waals surface area (Å²) in [4.78, 5) is 68.1. The molecular formula is C27H40N5O7PS. The number of anilines is 1. The highest BCUT2D eigenvalue weighted by atomic mass is 32.1. The number of benzene rings is 1. The van der Waals surface area contributed by atoms with E-state index in [1.807, 2.05) is 49.2 Å². The number of piperazine rings is 1. The lowest BCUT2D eigenvalue weighted by atomic mass is 10.2. The normalized spacial score (nSPS) is 14.5. The minimum Gasteiger partial charge on any atom is -0.449 e. The molecule has 1 atom stereocenters. The largest absolute Gasteiger partial charge is 0.449 e. The average molecular weight is 610 g/mol. The second kappa shape index (κ2) is 15.3. The van der Waals surface area contributed by atoms with E-state index < -0.39 is 37.7 Å². The van der Waals surface area contributed by atoms with Crippen LogP contribution in [0, 0.1) is 0 Å². The third-order valence-corrected chi connectivity index (χ3v) is 8.70. The van der Waals surface area contributed by atoms with E-state index in [4.69, 9.17) is 4.74 Å². The molecule has 12 nitrogen and oxygen atoms in total. The van der Waals surface area contributed by atoms with Gasteiger partial charge in [0.15, 0.2) is 5.69 Å². The van der Waals surface area contributed by atoms with Crippen molar-refractivity contribution in [3.63, 3.8) is 0 Å². The van der Waals surface area contributed by atoms with Crippen LogP contribution in [0.15, 0.2) is 30.3 Å². The van der Waals surface area contributed by atoms with Crippen molar-refractivity contribution < 1.29 is 33.5 Å². The van der Waals surface area contributed by atoms with E-state index in [0.29, 0.717) is 23.2 Å². The molecule has 41 heavy (non-hydrogen) atoms. The van der Waals surface area contributed by atoms with Gasteiger partial charge in [0.25, 0.3) is 5.91 Å². The van der Waals surface area contributed by atoms with E-state index in [2.05, 4.69) is 17.2 Å². The molecule has 1 aromatic carbocycles. The highest BCUT2D eigenvalue weighted by molar-refractivity contribution is 7.51. The fourth-order valence-corrected chi connectivity index (χ4v) is 6.07. The minimum absolute atomic E-state index is 0.0932. The van der Waals surface area contributed by atoms with Gasteiger partial charge >= 0.3 is 13.7 Å². The van der Waals surface area contributed by atoms with Crippen LogP contribution in [0.2, 0.25) is 0 Å². The van der Waals surface area contributed by atoms with Crippen LogP contribution in [0.5, 0.6) is 0 Å². The van der Waals surface area contributed by atoms with Crippen LogP contribution in [0.1, 0.15) is 50.0 Å². The second-order valence-corrected chi connectivity index (χ2v) is 12.6. The summed E-state index contributed by atoms with van der Waals surface area (Å²) in [5.74, 6) is -1.31. The highest BCUT2D eigenvalue weighted by Crippen LogP contribution is 2.37. The van der Waals surface area contributed by atoms with Crippen LogP contribution in [0.25, 0.3) is 10.6 Å². The Labute approximate surface area is 244 Å². The van der Waals surface area contributed by atoms with Crippen LogP contribution in [0.3, 0.4) is 0 Å². The van der Waals surface area contributed by atoms with Crippen molar-refractivity contribution in [1.82, 2.24) is 20.1 Å². The molecular weight excluding hydrogens is 569 g/mol. The number of hydrogen-bond donors (Lipinski definition) is 3. The molecule has 3 rings (SSSR count). The molecule has 1 aromatic heterocycles. The molecule has 0 aliphatic carbocycles. The average Bonchev–Trinajstić information content (AvgIpc) is 3.41. The topological polar surface area (TPSA) is 153 Å². The smallest absolute Gasteiger partial charge is 0.409 e. The zero-order valence-electron chi connectivity index (χ0n) is 23.8. The second-order valence-electron chi connectivity index (χ2n) is 9.97. The molecule has 3 amide bonds. The van der Waals surface area contributed by atoms with E-state index in [1.165, 1.54) is 21.1 Å². The Kier molecular flexibility index (Phi) is 12.1. The van der Waals surface area contributed by atoms with E-state index in [-0.39, 0.29) is 31.9 Å². The number of aromatic nitrogens is 1. The number of carbonyl (C=O) groups excluding carboxylic acids is 3. The number of nitrogens with one attached hydrogen (secondary N) is 1. The first kappa shape index (κ1) is 32.5. The Morgan fingerprint density at radius 1 is 1.07 bits per heavy atom. The number of hydrogen-bond acceptors (Lipinski definition) is 8. The summed E-state index contributed by atoms with van der Waals surface area (Å²) in [5.41, 5.74) is 0.922. The number of carbonyl (C=O) groups is 3. The predicted octanol–water partition coefficient (Wildman–Crippen LogP) is 3.40. The van der Waals surface area contributed by atoms with Gasteiger partial charge in [0.05, 0.1) is 12.8 Å². The molecule has 0 saturated carbocycles. The fraction of sp³-hybridized carbons (Fsp3) is 0.556. The lowest BCUT2D eigenvalue weighted by Gasteiger charge is -2.36. The number of rotatable bonds is 13. The summed E-state index contributed by atoms with van der Waals surface area (Å²) >= 11 is 1.34. The van der Waals surface area contributed by atoms with Crippen molar-refractivity contribution in [3.05, 3.63) is 36.0 Å². The standard InChI is InChI=1S/C27H40N5O7PS/c1-4-6-13-30(3)26-22(29-24(41-26)20-11-9-8-10-12-20)23(33)28-21(19-40(36,37)38)25(34)31-14-16-32(17-15-31)27(35)39-18-7-5-2/h8-12,21H,4-7,13-19H2,1-3H3,(H,28,33)(H2,36,37,38)/t21-/m0/s1. The number of amides is 3. The molecule has 0 spiro atoms. The van der Waals surface area contributed by atoms with Crippen LogP contribution in [0.4, 0.5) is 9.80 Å². The molecule has 1 aliphatic heterocycles. The van der Waals surface area contributed by atoms with Crippen LogP contribution >= 0.6 is 18.9 Å². The van der Waals surface area contributed by atoms with Crippen LogP contribution < -0.4 is 10.2 Å². The van der Waals surface area contributed by atoms with Crippen molar-refractivity contribution in [2.45, 2.75) is 45.6 Å². The summed E-state index contributed by atoms with van der Waals surface area (Å²) < 4.78 is 17.2. The van der Waals surface area contributed by atoms with Crippen molar-refractivity contribution >= 4 is 41.8 Å². The van der Waals surface area contributed by atoms with Crippen molar-refractivity contribution in [3.8, 4) is 10.6 Å². The molecule has 2 heterocycles. The lowest BCUT2D eigenvalue weighted by molar-refractivity contribution is -0.134. The Morgan fingerprint density at radius 3 is 2.32 bits per heavy atom. The number of thiazole rings is 1.